The van der Waals surface area contributed by atoms with Gasteiger partial charge in [-0.2, -0.15) is 0 Å². The van der Waals surface area contributed by atoms with Crippen molar-refractivity contribution in [2.75, 3.05) is 13.2 Å². The van der Waals surface area contributed by atoms with Crippen LogP contribution < -0.4 is 0 Å². The third-order valence-electron chi connectivity index (χ3n) is 3.26. The van der Waals surface area contributed by atoms with Crippen LogP contribution in [-0.2, 0) is 14.3 Å². The maximum absolute atomic E-state index is 12.2. The standard InChI is InChI=1S/C18H18O4/c1-12(2)17(19)21-10-11-22-18(20)16-9-5-7-14-13(3)6-4-8-15(14)16/h4-9H,1,10-11H2,2-3H3. The van der Waals surface area contributed by atoms with Crippen LogP contribution >= 0.6 is 0 Å². The second-order valence-electron chi connectivity index (χ2n) is 5.03. The van der Waals surface area contributed by atoms with E-state index in [-0.39, 0.29) is 13.2 Å². The molecule has 0 amide bonds. The summed E-state index contributed by atoms with van der Waals surface area (Å²) in [6.45, 7) is 7.06. The van der Waals surface area contributed by atoms with Crippen LogP contribution in [0.15, 0.2) is 48.6 Å². The number of rotatable bonds is 5. The van der Waals surface area contributed by atoms with E-state index >= 15 is 0 Å². The molecule has 2 rings (SSSR count). The van der Waals surface area contributed by atoms with Crippen molar-refractivity contribution in [3.05, 3.63) is 59.7 Å². The Morgan fingerprint density at radius 1 is 1.00 bits per heavy atom. The largest absolute Gasteiger partial charge is 0.459 e. The minimum Gasteiger partial charge on any atom is -0.459 e. The first kappa shape index (κ1) is 15.8. The van der Waals surface area contributed by atoms with E-state index in [0.29, 0.717) is 11.1 Å². The Bertz CT molecular complexity index is 731. The fraction of sp³-hybridized carbons (Fsp3) is 0.222. The molecular formula is C18H18O4. The lowest BCUT2D eigenvalue weighted by Gasteiger charge is -2.09. The van der Waals surface area contributed by atoms with E-state index in [2.05, 4.69) is 6.58 Å². The second-order valence-corrected chi connectivity index (χ2v) is 5.03. The van der Waals surface area contributed by atoms with Gasteiger partial charge in [-0.1, -0.05) is 36.9 Å². The summed E-state index contributed by atoms with van der Waals surface area (Å²) in [5, 5.41) is 1.87. The summed E-state index contributed by atoms with van der Waals surface area (Å²) < 4.78 is 10.0. The Morgan fingerprint density at radius 3 is 2.36 bits per heavy atom. The molecule has 0 aliphatic rings. The summed E-state index contributed by atoms with van der Waals surface area (Å²) in [5.74, 6) is -0.917. The molecule has 0 radical (unpaired) electrons. The summed E-state index contributed by atoms with van der Waals surface area (Å²) in [6, 6.07) is 11.3. The number of carbonyl (C=O) groups is 2. The minimum atomic E-state index is -0.489. The highest BCUT2D eigenvalue weighted by atomic mass is 16.6. The average molecular weight is 298 g/mol. The minimum absolute atomic E-state index is 0.0139. The van der Waals surface area contributed by atoms with Gasteiger partial charge in [0.05, 0.1) is 5.56 Å². The third kappa shape index (κ3) is 3.52. The fourth-order valence-electron chi connectivity index (χ4n) is 2.11. The number of benzene rings is 2. The quantitative estimate of drug-likeness (QED) is 0.482. The maximum atomic E-state index is 12.2. The SMILES string of the molecule is C=C(C)C(=O)OCCOC(=O)c1cccc2c(C)cccc12. The molecule has 0 atom stereocenters. The van der Waals surface area contributed by atoms with Gasteiger partial charge in [-0.15, -0.1) is 0 Å². The Hall–Kier alpha value is -2.62. The highest BCUT2D eigenvalue weighted by Gasteiger charge is 2.12. The van der Waals surface area contributed by atoms with Gasteiger partial charge in [-0.05, 0) is 36.2 Å². The van der Waals surface area contributed by atoms with E-state index in [9.17, 15) is 9.59 Å². The normalized spacial score (nSPS) is 10.3. The smallest absolute Gasteiger partial charge is 0.338 e. The number of fused-ring (bicyclic) bond motifs is 1. The molecule has 0 bridgehead atoms. The van der Waals surface area contributed by atoms with Crippen molar-refractivity contribution in [2.24, 2.45) is 0 Å². The number of hydrogen-bond acceptors (Lipinski definition) is 4. The molecule has 4 nitrogen and oxygen atoms in total. The lowest BCUT2D eigenvalue weighted by Crippen LogP contribution is -2.14. The Balaban J connectivity index is 2.03. The van der Waals surface area contributed by atoms with Gasteiger partial charge < -0.3 is 9.47 Å². The molecule has 114 valence electrons. The first-order valence-electron chi connectivity index (χ1n) is 6.99. The number of hydrogen-bond donors (Lipinski definition) is 0. The zero-order valence-electron chi connectivity index (χ0n) is 12.7. The van der Waals surface area contributed by atoms with Crippen LogP contribution in [0.4, 0.5) is 0 Å². The van der Waals surface area contributed by atoms with Crippen LogP contribution in [0.3, 0.4) is 0 Å². The van der Waals surface area contributed by atoms with E-state index < -0.39 is 11.9 Å². The summed E-state index contributed by atoms with van der Waals surface area (Å²) >= 11 is 0. The first-order chi connectivity index (χ1) is 10.5. The van der Waals surface area contributed by atoms with E-state index in [1.54, 1.807) is 13.0 Å². The molecule has 0 spiro atoms. The lowest BCUT2D eigenvalue weighted by atomic mass is 10.0. The van der Waals surface area contributed by atoms with Gasteiger partial charge in [0.25, 0.3) is 0 Å². The maximum Gasteiger partial charge on any atom is 0.338 e. The molecule has 0 aromatic heterocycles. The molecule has 0 saturated carbocycles. The molecule has 0 fully saturated rings. The van der Waals surface area contributed by atoms with Crippen LogP contribution in [0.2, 0.25) is 0 Å². The van der Waals surface area contributed by atoms with Gasteiger partial charge in [-0.25, -0.2) is 9.59 Å². The van der Waals surface area contributed by atoms with Gasteiger partial charge in [0.2, 0.25) is 0 Å². The predicted octanol–water partition coefficient (Wildman–Crippen LogP) is 3.42. The Morgan fingerprint density at radius 2 is 1.64 bits per heavy atom. The van der Waals surface area contributed by atoms with Gasteiger partial charge in [0.1, 0.15) is 13.2 Å². The Kier molecular flexibility index (Phi) is 4.94. The topological polar surface area (TPSA) is 52.6 Å². The van der Waals surface area contributed by atoms with Crippen molar-refractivity contribution >= 4 is 22.7 Å². The molecule has 0 unspecified atom stereocenters. The van der Waals surface area contributed by atoms with E-state index in [1.165, 1.54) is 0 Å². The molecular weight excluding hydrogens is 280 g/mol. The van der Waals surface area contributed by atoms with Crippen LogP contribution in [0.5, 0.6) is 0 Å². The number of esters is 2. The molecule has 4 heteroatoms. The number of aryl methyl sites for hydroxylation is 1. The van der Waals surface area contributed by atoms with Gasteiger partial charge in [-0.3, -0.25) is 0 Å². The van der Waals surface area contributed by atoms with Crippen LogP contribution in [0.25, 0.3) is 10.8 Å². The first-order valence-corrected chi connectivity index (χ1v) is 6.99. The van der Waals surface area contributed by atoms with Crippen molar-refractivity contribution in [3.63, 3.8) is 0 Å². The third-order valence-corrected chi connectivity index (χ3v) is 3.26. The zero-order valence-corrected chi connectivity index (χ0v) is 12.7. The fourth-order valence-corrected chi connectivity index (χ4v) is 2.11. The van der Waals surface area contributed by atoms with E-state index in [1.807, 2.05) is 37.3 Å². The summed E-state index contributed by atoms with van der Waals surface area (Å²) in [6.07, 6.45) is 0. The molecule has 2 aromatic carbocycles. The summed E-state index contributed by atoms with van der Waals surface area (Å²) in [4.78, 5) is 23.4. The molecule has 2 aromatic rings. The van der Waals surface area contributed by atoms with Crippen LogP contribution in [-0.4, -0.2) is 25.2 Å². The van der Waals surface area contributed by atoms with Crippen molar-refractivity contribution in [2.45, 2.75) is 13.8 Å². The molecule has 22 heavy (non-hydrogen) atoms. The molecule has 0 N–H and O–H groups in total. The monoisotopic (exact) mass is 298 g/mol. The number of carbonyl (C=O) groups excluding carboxylic acids is 2. The van der Waals surface area contributed by atoms with Crippen molar-refractivity contribution in [3.8, 4) is 0 Å². The van der Waals surface area contributed by atoms with Crippen molar-refractivity contribution in [1.82, 2.24) is 0 Å². The summed E-state index contributed by atoms with van der Waals surface area (Å²) in [5.41, 5.74) is 1.92. The molecule has 0 aliphatic heterocycles. The average Bonchev–Trinajstić information content (AvgIpc) is 2.51. The molecule has 0 saturated heterocycles. The highest BCUT2D eigenvalue weighted by molar-refractivity contribution is 6.05. The number of ether oxygens (including phenoxy) is 2. The van der Waals surface area contributed by atoms with Crippen LogP contribution in [0.1, 0.15) is 22.8 Å². The zero-order chi connectivity index (χ0) is 16.1. The highest BCUT2D eigenvalue weighted by Crippen LogP contribution is 2.22. The van der Waals surface area contributed by atoms with Gasteiger partial charge in [0.15, 0.2) is 0 Å². The van der Waals surface area contributed by atoms with E-state index in [0.717, 1.165) is 16.3 Å². The molecule has 0 aliphatic carbocycles. The van der Waals surface area contributed by atoms with Gasteiger partial charge >= 0.3 is 11.9 Å². The second kappa shape index (κ2) is 6.89. The Labute approximate surface area is 129 Å². The van der Waals surface area contributed by atoms with Crippen molar-refractivity contribution < 1.29 is 19.1 Å². The van der Waals surface area contributed by atoms with Crippen molar-refractivity contribution in [1.29, 1.82) is 0 Å². The molecule has 0 heterocycles. The van der Waals surface area contributed by atoms with Gasteiger partial charge in [0, 0.05) is 5.57 Å². The summed E-state index contributed by atoms with van der Waals surface area (Å²) in [7, 11) is 0. The van der Waals surface area contributed by atoms with Crippen LogP contribution in [0, 0.1) is 6.92 Å². The lowest BCUT2D eigenvalue weighted by molar-refractivity contribution is -0.140. The van der Waals surface area contributed by atoms with E-state index in [4.69, 9.17) is 9.47 Å². The predicted molar refractivity (Wildman–Crippen MR) is 84.7 cm³/mol.